The Labute approximate surface area is 158 Å². The highest BCUT2D eigenvalue weighted by molar-refractivity contribution is 6.30. The zero-order valence-electron chi connectivity index (χ0n) is 14.4. The molecule has 0 radical (unpaired) electrons. The van der Waals surface area contributed by atoms with Gasteiger partial charge in [-0.1, -0.05) is 35.9 Å². The second kappa shape index (κ2) is 7.44. The van der Waals surface area contributed by atoms with E-state index in [0.717, 1.165) is 54.1 Å². The van der Waals surface area contributed by atoms with Gasteiger partial charge in [-0.2, -0.15) is 0 Å². The van der Waals surface area contributed by atoms with Crippen LogP contribution in [0.4, 0.5) is 0 Å². The van der Waals surface area contributed by atoms with E-state index in [4.69, 9.17) is 11.6 Å². The molecule has 0 bridgehead atoms. The molecule has 1 amide bonds. The van der Waals surface area contributed by atoms with Crippen LogP contribution < -0.4 is 0 Å². The van der Waals surface area contributed by atoms with Crippen LogP contribution in [-0.4, -0.2) is 46.9 Å². The lowest BCUT2D eigenvalue weighted by atomic mass is 10.1. The van der Waals surface area contributed by atoms with Crippen molar-refractivity contribution in [1.29, 1.82) is 0 Å². The van der Waals surface area contributed by atoms with Gasteiger partial charge in [0, 0.05) is 61.1 Å². The number of halogens is 1. The van der Waals surface area contributed by atoms with Gasteiger partial charge in [-0.3, -0.25) is 14.7 Å². The molecule has 0 atom stereocenters. The van der Waals surface area contributed by atoms with Crippen molar-refractivity contribution in [3.8, 4) is 0 Å². The zero-order chi connectivity index (χ0) is 17.9. The number of rotatable bonds is 3. The third-order valence-corrected chi connectivity index (χ3v) is 5.14. The summed E-state index contributed by atoms with van der Waals surface area (Å²) in [5.41, 5.74) is 2.01. The first-order valence-corrected chi connectivity index (χ1v) is 9.17. The van der Waals surface area contributed by atoms with E-state index in [1.165, 1.54) is 5.56 Å². The number of piperazine rings is 1. The topological polar surface area (TPSA) is 36.4 Å². The number of hydrogen-bond donors (Lipinski definition) is 0. The Morgan fingerprint density at radius 3 is 2.54 bits per heavy atom. The minimum atomic E-state index is 0.105. The van der Waals surface area contributed by atoms with Crippen molar-refractivity contribution in [3.63, 3.8) is 0 Å². The first kappa shape index (κ1) is 17.0. The number of benzene rings is 2. The van der Waals surface area contributed by atoms with Crippen LogP contribution in [0.1, 0.15) is 15.9 Å². The molecular weight excluding hydrogens is 346 g/mol. The lowest BCUT2D eigenvalue weighted by Crippen LogP contribution is -2.48. The third-order valence-electron chi connectivity index (χ3n) is 4.89. The first-order valence-electron chi connectivity index (χ1n) is 8.79. The van der Waals surface area contributed by atoms with Crippen molar-refractivity contribution in [1.82, 2.24) is 14.8 Å². The van der Waals surface area contributed by atoms with Gasteiger partial charge in [0.1, 0.15) is 0 Å². The molecule has 1 aromatic heterocycles. The fourth-order valence-electron chi connectivity index (χ4n) is 3.44. The second-order valence-electron chi connectivity index (χ2n) is 6.60. The van der Waals surface area contributed by atoms with Gasteiger partial charge >= 0.3 is 0 Å². The van der Waals surface area contributed by atoms with Crippen molar-refractivity contribution in [3.05, 3.63) is 77.1 Å². The second-order valence-corrected chi connectivity index (χ2v) is 7.03. The van der Waals surface area contributed by atoms with E-state index in [9.17, 15) is 4.79 Å². The zero-order valence-corrected chi connectivity index (χ0v) is 15.2. The van der Waals surface area contributed by atoms with Crippen LogP contribution in [0.15, 0.2) is 60.9 Å². The quantitative estimate of drug-likeness (QED) is 0.707. The fourth-order valence-corrected chi connectivity index (χ4v) is 3.56. The highest BCUT2D eigenvalue weighted by atomic mass is 35.5. The summed E-state index contributed by atoms with van der Waals surface area (Å²) in [5.74, 6) is 0.105. The van der Waals surface area contributed by atoms with E-state index >= 15 is 0 Å². The normalized spacial score (nSPS) is 15.3. The third kappa shape index (κ3) is 3.57. The van der Waals surface area contributed by atoms with Gasteiger partial charge < -0.3 is 4.90 Å². The molecular formula is C21H20ClN3O. The predicted octanol–water partition coefficient (Wildman–Crippen LogP) is 3.85. The summed E-state index contributed by atoms with van der Waals surface area (Å²) in [7, 11) is 0. The monoisotopic (exact) mass is 365 g/mol. The van der Waals surface area contributed by atoms with Crippen LogP contribution in [0.2, 0.25) is 5.02 Å². The van der Waals surface area contributed by atoms with Crippen LogP contribution in [0.3, 0.4) is 0 Å². The molecule has 3 aromatic rings. The Morgan fingerprint density at radius 2 is 1.77 bits per heavy atom. The average Bonchev–Trinajstić information content (AvgIpc) is 2.69. The molecule has 4 nitrogen and oxygen atoms in total. The molecule has 2 heterocycles. The van der Waals surface area contributed by atoms with E-state index in [1.807, 2.05) is 41.3 Å². The Kier molecular flexibility index (Phi) is 4.87. The van der Waals surface area contributed by atoms with Crippen molar-refractivity contribution < 1.29 is 4.79 Å². The SMILES string of the molecule is O=C(c1cccc2cnccc12)N1CCN(Cc2ccc(Cl)cc2)CC1. The molecule has 0 N–H and O–H groups in total. The van der Waals surface area contributed by atoms with E-state index in [1.54, 1.807) is 12.4 Å². The first-order chi connectivity index (χ1) is 12.7. The van der Waals surface area contributed by atoms with Gasteiger partial charge in [0.05, 0.1) is 0 Å². The molecule has 0 aliphatic carbocycles. The number of nitrogens with zero attached hydrogens (tertiary/aromatic N) is 3. The Bertz CT molecular complexity index is 913. The maximum absolute atomic E-state index is 13.0. The van der Waals surface area contributed by atoms with Gasteiger partial charge in [0.15, 0.2) is 0 Å². The standard InChI is InChI=1S/C21H20ClN3O/c22-18-6-4-16(5-7-18)15-24-10-12-25(13-11-24)21(26)20-3-1-2-17-14-23-9-8-19(17)20/h1-9,14H,10-13,15H2. The number of pyridine rings is 1. The number of hydrogen-bond acceptors (Lipinski definition) is 3. The molecule has 2 aromatic carbocycles. The van der Waals surface area contributed by atoms with E-state index in [2.05, 4.69) is 22.0 Å². The molecule has 0 saturated carbocycles. The van der Waals surface area contributed by atoms with E-state index in [0.29, 0.717) is 0 Å². The van der Waals surface area contributed by atoms with E-state index < -0.39 is 0 Å². The van der Waals surface area contributed by atoms with Crippen LogP contribution in [0, 0.1) is 0 Å². The van der Waals surface area contributed by atoms with Crippen LogP contribution in [0.25, 0.3) is 10.8 Å². The number of carbonyl (C=O) groups is 1. The van der Waals surface area contributed by atoms with Crippen molar-refractivity contribution >= 4 is 28.3 Å². The molecule has 4 rings (SSSR count). The highest BCUT2D eigenvalue weighted by Crippen LogP contribution is 2.20. The number of carbonyl (C=O) groups excluding carboxylic acids is 1. The van der Waals surface area contributed by atoms with Gasteiger partial charge in [-0.25, -0.2) is 0 Å². The molecule has 0 unspecified atom stereocenters. The maximum atomic E-state index is 13.0. The van der Waals surface area contributed by atoms with E-state index in [-0.39, 0.29) is 5.91 Å². The largest absolute Gasteiger partial charge is 0.336 e. The van der Waals surface area contributed by atoms with Crippen molar-refractivity contribution in [2.45, 2.75) is 6.54 Å². The minimum Gasteiger partial charge on any atom is -0.336 e. The molecule has 1 aliphatic heterocycles. The van der Waals surface area contributed by atoms with Crippen LogP contribution >= 0.6 is 11.6 Å². The number of amides is 1. The Hall–Kier alpha value is -2.43. The molecule has 0 spiro atoms. The summed E-state index contributed by atoms with van der Waals surface area (Å²) >= 11 is 5.95. The van der Waals surface area contributed by atoms with Gasteiger partial charge in [-0.05, 0) is 35.2 Å². The maximum Gasteiger partial charge on any atom is 0.254 e. The smallest absolute Gasteiger partial charge is 0.254 e. The molecule has 1 saturated heterocycles. The Balaban J connectivity index is 1.42. The lowest BCUT2D eigenvalue weighted by molar-refractivity contribution is 0.0630. The fraction of sp³-hybridized carbons (Fsp3) is 0.238. The summed E-state index contributed by atoms with van der Waals surface area (Å²) in [6, 6.07) is 15.7. The summed E-state index contributed by atoms with van der Waals surface area (Å²) < 4.78 is 0. The summed E-state index contributed by atoms with van der Waals surface area (Å²) in [5, 5.41) is 2.73. The van der Waals surface area contributed by atoms with Gasteiger partial charge in [-0.15, -0.1) is 0 Å². The number of aromatic nitrogens is 1. The average molecular weight is 366 g/mol. The molecule has 5 heteroatoms. The Morgan fingerprint density at radius 1 is 1.00 bits per heavy atom. The van der Waals surface area contributed by atoms with Gasteiger partial charge in [0.25, 0.3) is 5.91 Å². The van der Waals surface area contributed by atoms with Crippen molar-refractivity contribution in [2.24, 2.45) is 0 Å². The molecule has 1 aliphatic rings. The minimum absolute atomic E-state index is 0.105. The summed E-state index contributed by atoms with van der Waals surface area (Å²) in [6.07, 6.45) is 3.54. The molecule has 1 fully saturated rings. The molecule has 132 valence electrons. The lowest BCUT2D eigenvalue weighted by Gasteiger charge is -2.35. The summed E-state index contributed by atoms with van der Waals surface area (Å²) in [6.45, 7) is 4.13. The van der Waals surface area contributed by atoms with Crippen LogP contribution in [0.5, 0.6) is 0 Å². The molecule has 26 heavy (non-hydrogen) atoms. The van der Waals surface area contributed by atoms with Crippen molar-refractivity contribution in [2.75, 3.05) is 26.2 Å². The predicted molar refractivity (Wildman–Crippen MR) is 104 cm³/mol. The van der Waals surface area contributed by atoms with Gasteiger partial charge in [0.2, 0.25) is 0 Å². The summed E-state index contributed by atoms with van der Waals surface area (Å²) in [4.78, 5) is 21.5. The highest BCUT2D eigenvalue weighted by Gasteiger charge is 2.23. The number of fused-ring (bicyclic) bond motifs is 1. The van der Waals surface area contributed by atoms with Crippen LogP contribution in [-0.2, 0) is 6.54 Å².